The number of aromatic nitrogens is 1. The largest absolute Gasteiger partial charge is 0.434 e. The van der Waals surface area contributed by atoms with E-state index in [2.05, 4.69) is 4.98 Å². The lowest BCUT2D eigenvalue weighted by Gasteiger charge is -2.21. The molecule has 98 valence electrons. The van der Waals surface area contributed by atoms with E-state index in [1.807, 2.05) is 0 Å². The smallest absolute Gasteiger partial charge is 0.381 e. The van der Waals surface area contributed by atoms with Gasteiger partial charge in [-0.3, -0.25) is 9.78 Å². The molecule has 0 aromatic carbocycles. The van der Waals surface area contributed by atoms with Crippen LogP contribution in [-0.4, -0.2) is 24.0 Å². The van der Waals surface area contributed by atoms with Crippen LogP contribution in [-0.2, 0) is 10.9 Å². The third kappa shape index (κ3) is 2.69. The molecule has 6 heteroatoms. The number of rotatable bonds is 2. The molecule has 0 amide bonds. The van der Waals surface area contributed by atoms with Gasteiger partial charge >= 0.3 is 6.18 Å². The Balaban J connectivity index is 2.30. The van der Waals surface area contributed by atoms with Crippen molar-refractivity contribution in [3.8, 4) is 0 Å². The number of carbonyl (C=O) groups is 1. The summed E-state index contributed by atoms with van der Waals surface area (Å²) in [5.74, 6) is -0.886. The summed E-state index contributed by atoms with van der Waals surface area (Å²) < 4.78 is 43.3. The highest BCUT2D eigenvalue weighted by Crippen LogP contribution is 2.32. The second-order valence-electron chi connectivity index (χ2n) is 4.15. The highest BCUT2D eigenvalue weighted by Gasteiger charge is 2.38. The Morgan fingerprint density at radius 3 is 2.61 bits per heavy atom. The summed E-state index contributed by atoms with van der Waals surface area (Å²) in [7, 11) is 0. The number of ether oxygens (including phenoxy) is 1. The maximum absolute atomic E-state index is 12.7. The predicted octanol–water partition coefficient (Wildman–Crippen LogP) is 2.71. The van der Waals surface area contributed by atoms with E-state index in [9.17, 15) is 18.0 Å². The number of hydrogen-bond donors (Lipinski definition) is 0. The average Bonchev–Trinajstić information content (AvgIpc) is 2.38. The summed E-state index contributed by atoms with van der Waals surface area (Å²) in [6.07, 6.45) is -2.63. The minimum absolute atomic E-state index is 0.336. The van der Waals surface area contributed by atoms with Crippen molar-refractivity contribution in [1.82, 2.24) is 4.98 Å². The molecule has 1 aromatic rings. The van der Waals surface area contributed by atoms with Gasteiger partial charge in [-0.15, -0.1) is 0 Å². The second-order valence-corrected chi connectivity index (χ2v) is 4.15. The van der Waals surface area contributed by atoms with Crippen molar-refractivity contribution in [3.63, 3.8) is 0 Å². The summed E-state index contributed by atoms with van der Waals surface area (Å²) in [5.41, 5.74) is -1.43. The summed E-state index contributed by atoms with van der Waals surface area (Å²) in [6, 6.07) is 2.54. The number of alkyl halides is 3. The lowest BCUT2D eigenvalue weighted by molar-refractivity contribution is -0.141. The van der Waals surface area contributed by atoms with E-state index >= 15 is 0 Å². The molecule has 2 heterocycles. The number of nitrogens with zero attached hydrogens (tertiary/aromatic N) is 1. The van der Waals surface area contributed by atoms with Crippen molar-refractivity contribution in [3.05, 3.63) is 29.6 Å². The fraction of sp³-hybridized carbons (Fsp3) is 0.500. The summed E-state index contributed by atoms with van der Waals surface area (Å²) in [6.45, 7) is 0.829. The molecule has 0 saturated carbocycles. The second kappa shape index (κ2) is 5.06. The summed E-state index contributed by atoms with van der Waals surface area (Å²) >= 11 is 0. The van der Waals surface area contributed by atoms with Crippen LogP contribution in [0, 0.1) is 5.92 Å². The zero-order valence-corrected chi connectivity index (χ0v) is 9.54. The number of halogens is 3. The van der Waals surface area contributed by atoms with Crippen molar-refractivity contribution in [2.45, 2.75) is 19.0 Å². The van der Waals surface area contributed by atoms with Crippen molar-refractivity contribution in [2.24, 2.45) is 5.92 Å². The van der Waals surface area contributed by atoms with Crippen LogP contribution in [0.15, 0.2) is 18.3 Å². The molecule has 0 atom stereocenters. The normalized spacial score (nSPS) is 17.7. The standard InChI is InChI=1S/C12H12F3NO2/c13-12(14,15)11-9(2-1-5-16-11)10(17)8-3-6-18-7-4-8/h1-2,5,8H,3-4,6-7H2. The molecule has 0 N–H and O–H groups in total. The highest BCUT2D eigenvalue weighted by atomic mass is 19.4. The SMILES string of the molecule is O=C(c1cccnc1C(F)(F)F)C1CCOCC1. The van der Waals surface area contributed by atoms with Crippen LogP contribution in [0.2, 0.25) is 0 Å². The molecular formula is C12H12F3NO2. The first-order chi connectivity index (χ1) is 8.50. The van der Waals surface area contributed by atoms with E-state index in [1.54, 1.807) is 0 Å². The lowest BCUT2D eigenvalue weighted by atomic mass is 9.90. The van der Waals surface area contributed by atoms with Gasteiger partial charge in [-0.2, -0.15) is 13.2 Å². The Morgan fingerprint density at radius 1 is 1.33 bits per heavy atom. The Labute approximate surface area is 102 Å². The quantitative estimate of drug-likeness (QED) is 0.766. The average molecular weight is 259 g/mol. The molecule has 0 bridgehead atoms. The molecule has 0 aliphatic carbocycles. The Morgan fingerprint density at radius 2 is 2.00 bits per heavy atom. The van der Waals surface area contributed by atoms with Gasteiger partial charge in [-0.1, -0.05) is 0 Å². The Hall–Kier alpha value is -1.43. The van der Waals surface area contributed by atoms with Gasteiger partial charge in [0.1, 0.15) is 0 Å². The predicted molar refractivity (Wildman–Crippen MR) is 57.1 cm³/mol. The first-order valence-corrected chi connectivity index (χ1v) is 5.64. The summed E-state index contributed by atoms with van der Waals surface area (Å²) in [5, 5.41) is 0. The van der Waals surface area contributed by atoms with Gasteiger partial charge < -0.3 is 4.74 Å². The van der Waals surface area contributed by atoms with E-state index in [-0.39, 0.29) is 5.56 Å². The maximum Gasteiger partial charge on any atom is 0.434 e. The van der Waals surface area contributed by atoms with Crippen molar-refractivity contribution in [2.75, 3.05) is 13.2 Å². The number of hydrogen-bond acceptors (Lipinski definition) is 3. The van der Waals surface area contributed by atoms with E-state index in [1.165, 1.54) is 12.1 Å². The molecule has 0 spiro atoms. The van der Waals surface area contributed by atoms with E-state index in [0.29, 0.717) is 26.1 Å². The van der Waals surface area contributed by atoms with Gasteiger partial charge in [0.15, 0.2) is 11.5 Å². The molecule has 1 aromatic heterocycles. The molecule has 0 unspecified atom stereocenters. The molecule has 18 heavy (non-hydrogen) atoms. The fourth-order valence-corrected chi connectivity index (χ4v) is 2.01. The Bertz CT molecular complexity index is 439. The third-order valence-corrected chi connectivity index (χ3v) is 2.93. The molecule has 1 saturated heterocycles. The molecule has 0 radical (unpaired) electrons. The van der Waals surface area contributed by atoms with E-state index < -0.39 is 23.6 Å². The minimum atomic E-state index is -4.60. The topological polar surface area (TPSA) is 39.2 Å². The molecular weight excluding hydrogens is 247 g/mol. The van der Waals surface area contributed by atoms with Crippen molar-refractivity contribution < 1.29 is 22.7 Å². The van der Waals surface area contributed by atoms with Gasteiger partial charge in [0, 0.05) is 30.9 Å². The molecule has 3 nitrogen and oxygen atoms in total. The number of ketones is 1. The van der Waals surface area contributed by atoms with Crippen LogP contribution in [0.1, 0.15) is 28.9 Å². The first kappa shape index (κ1) is 13.0. The van der Waals surface area contributed by atoms with Crippen LogP contribution >= 0.6 is 0 Å². The van der Waals surface area contributed by atoms with Gasteiger partial charge in [-0.05, 0) is 25.0 Å². The van der Waals surface area contributed by atoms with Gasteiger partial charge in [0.25, 0.3) is 0 Å². The molecule has 1 aliphatic rings. The molecule has 1 aliphatic heterocycles. The maximum atomic E-state index is 12.7. The zero-order valence-electron chi connectivity index (χ0n) is 9.54. The summed E-state index contributed by atoms with van der Waals surface area (Å²) in [4.78, 5) is 15.4. The van der Waals surface area contributed by atoms with Gasteiger partial charge in [-0.25, -0.2) is 0 Å². The van der Waals surface area contributed by atoms with Gasteiger partial charge in [0.2, 0.25) is 0 Å². The fourth-order valence-electron chi connectivity index (χ4n) is 2.01. The van der Waals surface area contributed by atoms with Crippen molar-refractivity contribution >= 4 is 5.78 Å². The molecule has 1 fully saturated rings. The van der Waals surface area contributed by atoms with Crippen LogP contribution in [0.3, 0.4) is 0 Å². The first-order valence-electron chi connectivity index (χ1n) is 5.64. The lowest BCUT2D eigenvalue weighted by Crippen LogP contribution is -2.26. The highest BCUT2D eigenvalue weighted by molar-refractivity contribution is 5.99. The van der Waals surface area contributed by atoms with Crippen LogP contribution < -0.4 is 0 Å². The van der Waals surface area contributed by atoms with Gasteiger partial charge in [0.05, 0.1) is 0 Å². The zero-order chi connectivity index (χ0) is 13.2. The van der Waals surface area contributed by atoms with Crippen molar-refractivity contribution in [1.29, 1.82) is 0 Å². The Kier molecular flexibility index (Phi) is 3.65. The van der Waals surface area contributed by atoms with E-state index in [0.717, 1.165) is 6.20 Å². The monoisotopic (exact) mass is 259 g/mol. The number of pyridine rings is 1. The molecule has 2 rings (SSSR count). The van der Waals surface area contributed by atoms with Crippen LogP contribution in [0.4, 0.5) is 13.2 Å². The number of Topliss-reactive ketones (excluding diaryl/α,β-unsaturated/α-hetero) is 1. The number of carbonyl (C=O) groups excluding carboxylic acids is 1. The van der Waals surface area contributed by atoms with Crippen LogP contribution in [0.5, 0.6) is 0 Å². The van der Waals surface area contributed by atoms with E-state index in [4.69, 9.17) is 4.74 Å². The van der Waals surface area contributed by atoms with Crippen LogP contribution in [0.25, 0.3) is 0 Å². The minimum Gasteiger partial charge on any atom is -0.381 e. The third-order valence-electron chi connectivity index (χ3n) is 2.93.